The molecule has 0 radical (unpaired) electrons. The summed E-state index contributed by atoms with van der Waals surface area (Å²) in [4.78, 5) is 55.2. The van der Waals surface area contributed by atoms with Crippen molar-refractivity contribution in [2.45, 2.75) is 30.8 Å². The summed E-state index contributed by atoms with van der Waals surface area (Å²) in [5.41, 5.74) is 4.33. The van der Waals surface area contributed by atoms with Gasteiger partial charge in [0.2, 0.25) is 6.29 Å². The van der Waals surface area contributed by atoms with Gasteiger partial charge in [0.15, 0.2) is 6.23 Å². The van der Waals surface area contributed by atoms with E-state index in [2.05, 4.69) is 23.0 Å². The van der Waals surface area contributed by atoms with Crippen LogP contribution in [-0.2, 0) is 36.4 Å². The zero-order chi connectivity index (χ0) is 23.8. The molecule has 22 heteroatoms. The van der Waals surface area contributed by atoms with Crippen molar-refractivity contribution in [3.8, 4) is 0 Å². The molecule has 31 heavy (non-hydrogen) atoms. The summed E-state index contributed by atoms with van der Waals surface area (Å²) < 4.78 is 51.1. The van der Waals surface area contributed by atoms with Gasteiger partial charge in [-0.25, -0.2) is 24.4 Å². The Labute approximate surface area is 171 Å². The van der Waals surface area contributed by atoms with Crippen molar-refractivity contribution in [2.24, 2.45) is 5.90 Å². The molecule has 10 N–H and O–H groups in total. The van der Waals surface area contributed by atoms with Crippen molar-refractivity contribution in [1.29, 1.82) is 0 Å². The molecule has 1 aliphatic heterocycles. The van der Waals surface area contributed by atoms with Gasteiger partial charge in [-0.15, -0.1) is 0 Å². The molecule has 178 valence electrons. The van der Waals surface area contributed by atoms with E-state index in [9.17, 15) is 33.6 Å². The summed E-state index contributed by atoms with van der Waals surface area (Å²) in [5.74, 6) is 4.73. The van der Waals surface area contributed by atoms with E-state index in [0.29, 0.717) is 4.57 Å². The van der Waals surface area contributed by atoms with E-state index in [4.69, 9.17) is 31.0 Å². The number of nitrogen functional groups attached to an aromatic ring is 1. The van der Waals surface area contributed by atoms with Gasteiger partial charge in [0.25, 0.3) is 0 Å². The Balaban J connectivity index is 2.20. The number of rotatable bonds is 9. The first kappa shape index (κ1) is 26.1. The Morgan fingerprint density at radius 1 is 1.10 bits per heavy atom. The molecule has 0 aliphatic carbocycles. The predicted molar refractivity (Wildman–Crippen MR) is 92.8 cm³/mol. The monoisotopic (exact) mass is 514 g/mol. The van der Waals surface area contributed by atoms with E-state index in [1.807, 2.05) is 0 Å². The quantitative estimate of drug-likeness (QED) is 0.0924. The number of anilines is 1. The largest absolute Gasteiger partial charge is 0.490 e. The van der Waals surface area contributed by atoms with Crippen LogP contribution in [0.5, 0.6) is 0 Å². The smallest absolute Gasteiger partial charge is 0.387 e. The van der Waals surface area contributed by atoms with Crippen LogP contribution >= 0.6 is 23.5 Å². The third-order valence-corrected chi connectivity index (χ3v) is 7.26. The standard InChI is InChI=1S/C9H17N4O15P3/c10-3-1-2-13(9(16)12-3)7-5(15)4(14)6(24-7)8(25-11)26-30(20,21)28-31(22,23)27-29(17,18)19/h1-2,4-8,14-15H,11H2,(H,20,21)(H,22,23)(H2,10,12,16)(H2,17,18,19)/t4-,5+,6-,7+,8?/m0/s1. The number of nitrogens with zero attached hydrogens (tertiary/aromatic N) is 2. The Morgan fingerprint density at radius 2 is 1.71 bits per heavy atom. The van der Waals surface area contributed by atoms with Crippen LogP contribution in [0.2, 0.25) is 0 Å². The molecule has 1 aromatic heterocycles. The van der Waals surface area contributed by atoms with E-state index in [1.54, 1.807) is 0 Å². The first-order valence-electron chi connectivity index (χ1n) is 7.59. The molecule has 3 unspecified atom stereocenters. The lowest BCUT2D eigenvalue weighted by atomic mass is 10.1. The van der Waals surface area contributed by atoms with Crippen LogP contribution in [0.3, 0.4) is 0 Å². The molecule has 2 heterocycles. The summed E-state index contributed by atoms with van der Waals surface area (Å²) in [6, 6.07) is 1.15. The molecule has 0 bridgehead atoms. The second-order valence-corrected chi connectivity index (χ2v) is 10.1. The molecule has 2 rings (SSSR count). The first-order chi connectivity index (χ1) is 14.1. The van der Waals surface area contributed by atoms with E-state index < -0.39 is 60.0 Å². The van der Waals surface area contributed by atoms with Gasteiger partial charge in [0.05, 0.1) is 0 Å². The maximum absolute atomic E-state index is 11.9. The van der Waals surface area contributed by atoms with Gasteiger partial charge in [-0.1, -0.05) is 0 Å². The lowest BCUT2D eigenvalue weighted by molar-refractivity contribution is -0.190. The Morgan fingerprint density at radius 3 is 2.23 bits per heavy atom. The van der Waals surface area contributed by atoms with Gasteiger partial charge in [-0.3, -0.25) is 13.9 Å². The fraction of sp³-hybridized carbons (Fsp3) is 0.556. The molecule has 1 aromatic rings. The van der Waals surface area contributed by atoms with Crippen molar-refractivity contribution in [2.75, 3.05) is 5.73 Å². The highest BCUT2D eigenvalue weighted by Gasteiger charge is 2.51. The number of nitrogens with two attached hydrogens (primary N) is 2. The van der Waals surface area contributed by atoms with Gasteiger partial charge in [-0.2, -0.15) is 13.6 Å². The van der Waals surface area contributed by atoms with Crippen LogP contribution in [0.15, 0.2) is 17.1 Å². The molecule has 1 aliphatic rings. The second kappa shape index (κ2) is 9.40. The minimum atomic E-state index is -5.85. The highest BCUT2D eigenvalue weighted by molar-refractivity contribution is 7.66. The predicted octanol–water partition coefficient (Wildman–Crippen LogP) is -3.00. The van der Waals surface area contributed by atoms with Crippen molar-refractivity contribution < 1.29 is 66.2 Å². The molecule has 19 nitrogen and oxygen atoms in total. The highest BCUT2D eigenvalue weighted by atomic mass is 31.3. The van der Waals surface area contributed by atoms with Gasteiger partial charge in [0, 0.05) is 6.20 Å². The zero-order valence-corrected chi connectivity index (χ0v) is 17.5. The SMILES string of the molecule is NOC(OP(=O)(O)OP(=O)(O)OP(=O)(O)O)[C@H]1O[C@@H](n2ccc(N)nc2=O)[C@H](O)[C@@H]1O. The summed E-state index contributed by atoms with van der Waals surface area (Å²) >= 11 is 0. The minimum absolute atomic E-state index is 0.165. The average molecular weight is 514 g/mol. The lowest BCUT2D eigenvalue weighted by Crippen LogP contribution is -2.42. The highest BCUT2D eigenvalue weighted by Crippen LogP contribution is 2.66. The van der Waals surface area contributed by atoms with Crippen LogP contribution in [0.4, 0.5) is 5.82 Å². The number of hydrogen-bond acceptors (Lipinski definition) is 14. The maximum atomic E-state index is 11.9. The Kier molecular flexibility index (Phi) is 7.93. The van der Waals surface area contributed by atoms with Crippen molar-refractivity contribution >= 4 is 29.3 Å². The van der Waals surface area contributed by atoms with Crippen LogP contribution in [-0.4, -0.2) is 63.9 Å². The number of phosphoric acid groups is 3. The number of phosphoric ester groups is 1. The van der Waals surface area contributed by atoms with Gasteiger partial charge >= 0.3 is 29.2 Å². The third-order valence-electron chi connectivity index (χ3n) is 3.46. The van der Waals surface area contributed by atoms with Gasteiger partial charge < -0.3 is 40.3 Å². The average Bonchev–Trinajstić information content (AvgIpc) is 2.85. The van der Waals surface area contributed by atoms with Crippen LogP contribution < -0.4 is 17.3 Å². The third kappa shape index (κ3) is 6.93. The van der Waals surface area contributed by atoms with Crippen LogP contribution in [0.1, 0.15) is 6.23 Å². The van der Waals surface area contributed by atoms with Gasteiger partial charge in [0.1, 0.15) is 24.1 Å². The molecule has 1 fully saturated rings. The number of aliphatic hydroxyl groups excluding tert-OH is 2. The first-order valence-corrected chi connectivity index (χ1v) is 12.1. The summed E-state index contributed by atoms with van der Waals surface area (Å²) in [6.07, 6.45) is -8.63. The summed E-state index contributed by atoms with van der Waals surface area (Å²) in [5, 5.41) is 20.3. The molecular formula is C9H17N4O15P3. The number of ether oxygens (including phenoxy) is 1. The van der Waals surface area contributed by atoms with E-state index in [-0.39, 0.29) is 5.82 Å². The molecule has 0 amide bonds. The molecular weight excluding hydrogens is 497 g/mol. The molecule has 7 atom stereocenters. The van der Waals surface area contributed by atoms with Gasteiger partial charge in [-0.05, 0) is 6.07 Å². The van der Waals surface area contributed by atoms with E-state index in [1.165, 1.54) is 0 Å². The number of aliphatic hydroxyl groups is 2. The fourth-order valence-corrected chi connectivity index (χ4v) is 5.44. The van der Waals surface area contributed by atoms with Crippen LogP contribution in [0, 0.1) is 0 Å². The van der Waals surface area contributed by atoms with Crippen molar-refractivity contribution in [1.82, 2.24) is 9.55 Å². The van der Waals surface area contributed by atoms with E-state index in [0.717, 1.165) is 12.3 Å². The molecule has 1 saturated heterocycles. The van der Waals surface area contributed by atoms with E-state index >= 15 is 0 Å². The normalized spacial score (nSPS) is 29.3. The topological polar surface area (TPSA) is 306 Å². The zero-order valence-electron chi connectivity index (χ0n) is 14.8. The second-order valence-electron chi connectivity index (χ2n) is 5.72. The fourth-order valence-electron chi connectivity index (χ4n) is 2.35. The number of aromatic nitrogens is 2. The summed E-state index contributed by atoms with van der Waals surface area (Å²) in [7, 11) is -17.2. The number of hydrogen-bond donors (Lipinski definition) is 8. The minimum Gasteiger partial charge on any atom is -0.387 e. The van der Waals surface area contributed by atoms with Crippen LogP contribution in [0.25, 0.3) is 0 Å². The Hall–Kier alpha value is -1.11. The molecule has 0 aromatic carbocycles. The molecule has 0 saturated carbocycles. The lowest BCUT2D eigenvalue weighted by Gasteiger charge is -2.25. The summed E-state index contributed by atoms with van der Waals surface area (Å²) in [6.45, 7) is 0. The molecule has 0 spiro atoms. The van der Waals surface area contributed by atoms with Crippen molar-refractivity contribution in [3.05, 3.63) is 22.7 Å². The van der Waals surface area contributed by atoms with Crippen molar-refractivity contribution in [3.63, 3.8) is 0 Å². The maximum Gasteiger partial charge on any atom is 0.490 e. The Bertz CT molecular complexity index is 996.